The summed E-state index contributed by atoms with van der Waals surface area (Å²) in [7, 11) is 0. The van der Waals surface area contributed by atoms with Crippen LogP contribution in [0.3, 0.4) is 0 Å². The van der Waals surface area contributed by atoms with Gasteiger partial charge in [0.2, 0.25) is 0 Å². The topological polar surface area (TPSA) is 39.2 Å². The number of nitrogens with two attached hydrogens (primary N) is 1. The van der Waals surface area contributed by atoms with Crippen molar-refractivity contribution in [1.29, 1.82) is 0 Å². The summed E-state index contributed by atoms with van der Waals surface area (Å²) in [6.45, 7) is 4.67. The summed E-state index contributed by atoms with van der Waals surface area (Å²) in [5.41, 5.74) is 7.44. The molecule has 0 aromatic carbocycles. The molecule has 0 aliphatic heterocycles. The van der Waals surface area contributed by atoms with E-state index in [1.165, 1.54) is 25.7 Å². The van der Waals surface area contributed by atoms with E-state index in [0.717, 1.165) is 17.4 Å². The van der Waals surface area contributed by atoms with Crippen molar-refractivity contribution in [2.24, 2.45) is 23.5 Å². The number of hydrogen-bond acceptors (Lipinski definition) is 2. The minimum absolute atomic E-state index is 0.173. The number of furan rings is 1. The van der Waals surface area contributed by atoms with Crippen LogP contribution in [0.2, 0.25) is 0 Å². The molecule has 0 saturated heterocycles. The van der Waals surface area contributed by atoms with Crippen molar-refractivity contribution in [2.75, 3.05) is 0 Å². The van der Waals surface area contributed by atoms with Gasteiger partial charge in [-0.3, -0.25) is 0 Å². The predicted octanol–water partition coefficient (Wildman–Crippen LogP) is 3.74. The van der Waals surface area contributed by atoms with E-state index in [0.29, 0.717) is 5.92 Å². The zero-order chi connectivity index (χ0) is 11.5. The Morgan fingerprint density at radius 2 is 1.81 bits per heavy atom. The minimum atomic E-state index is 0.173. The van der Waals surface area contributed by atoms with Gasteiger partial charge in [-0.2, -0.15) is 0 Å². The van der Waals surface area contributed by atoms with Gasteiger partial charge in [0, 0.05) is 11.6 Å². The zero-order valence-electron chi connectivity index (χ0n) is 10.4. The lowest BCUT2D eigenvalue weighted by atomic mass is 9.74. The van der Waals surface area contributed by atoms with E-state index < -0.39 is 0 Å². The van der Waals surface area contributed by atoms with Gasteiger partial charge in [-0.25, -0.2) is 0 Å². The van der Waals surface area contributed by atoms with Crippen molar-refractivity contribution in [3.05, 3.63) is 24.2 Å². The summed E-state index contributed by atoms with van der Waals surface area (Å²) >= 11 is 0. The molecule has 1 aromatic heterocycles. The summed E-state index contributed by atoms with van der Waals surface area (Å²) in [4.78, 5) is 0. The Balaban J connectivity index is 1.89. The first-order valence-corrected chi connectivity index (χ1v) is 6.46. The first-order chi connectivity index (χ1) is 7.68. The number of hydrogen-bond donors (Lipinski definition) is 1. The molecule has 2 nitrogen and oxygen atoms in total. The van der Waals surface area contributed by atoms with Gasteiger partial charge in [0.05, 0.1) is 12.5 Å². The van der Waals surface area contributed by atoms with E-state index in [-0.39, 0.29) is 6.04 Å². The van der Waals surface area contributed by atoms with E-state index in [2.05, 4.69) is 13.8 Å². The minimum Gasteiger partial charge on any atom is -0.472 e. The van der Waals surface area contributed by atoms with Crippen LogP contribution in [0.15, 0.2) is 23.0 Å². The highest BCUT2D eigenvalue weighted by Crippen LogP contribution is 2.38. The van der Waals surface area contributed by atoms with Gasteiger partial charge in [0.25, 0.3) is 0 Å². The molecule has 1 aliphatic carbocycles. The van der Waals surface area contributed by atoms with Crippen LogP contribution < -0.4 is 5.73 Å². The summed E-state index contributed by atoms with van der Waals surface area (Å²) < 4.78 is 5.11. The second-order valence-corrected chi connectivity index (χ2v) is 5.50. The SMILES string of the molecule is CC(C)C1CCC(C(N)c2ccoc2)CC1. The van der Waals surface area contributed by atoms with Crippen molar-refractivity contribution in [1.82, 2.24) is 0 Å². The molecule has 2 rings (SSSR count). The fraction of sp³-hybridized carbons (Fsp3) is 0.714. The third-order valence-corrected chi connectivity index (χ3v) is 4.20. The molecule has 2 N–H and O–H groups in total. The predicted molar refractivity (Wildman–Crippen MR) is 65.9 cm³/mol. The maximum atomic E-state index is 6.28. The highest BCUT2D eigenvalue weighted by atomic mass is 16.3. The molecule has 16 heavy (non-hydrogen) atoms. The highest BCUT2D eigenvalue weighted by molar-refractivity contribution is 5.12. The second kappa shape index (κ2) is 5.05. The average Bonchev–Trinajstić information content (AvgIpc) is 2.81. The Morgan fingerprint density at radius 3 is 2.31 bits per heavy atom. The van der Waals surface area contributed by atoms with Gasteiger partial charge < -0.3 is 10.2 Å². The monoisotopic (exact) mass is 221 g/mol. The van der Waals surface area contributed by atoms with E-state index >= 15 is 0 Å². The van der Waals surface area contributed by atoms with Crippen LogP contribution >= 0.6 is 0 Å². The Morgan fingerprint density at radius 1 is 1.19 bits per heavy atom. The first-order valence-electron chi connectivity index (χ1n) is 6.46. The molecule has 0 spiro atoms. The van der Waals surface area contributed by atoms with Crippen molar-refractivity contribution in [3.63, 3.8) is 0 Å². The molecule has 2 heteroatoms. The Labute approximate surface area is 98.2 Å². The van der Waals surface area contributed by atoms with Gasteiger partial charge in [-0.15, -0.1) is 0 Å². The third-order valence-electron chi connectivity index (χ3n) is 4.20. The summed E-state index contributed by atoms with van der Waals surface area (Å²) in [6.07, 6.45) is 8.74. The van der Waals surface area contributed by atoms with Crippen LogP contribution in [0, 0.1) is 17.8 Å². The standard InChI is InChI=1S/C14H23NO/c1-10(2)11-3-5-12(6-4-11)14(15)13-7-8-16-9-13/h7-12,14H,3-6,15H2,1-2H3. The quantitative estimate of drug-likeness (QED) is 0.844. The van der Waals surface area contributed by atoms with Crippen molar-refractivity contribution < 1.29 is 4.42 Å². The smallest absolute Gasteiger partial charge is 0.0950 e. The first kappa shape index (κ1) is 11.7. The van der Waals surface area contributed by atoms with Gasteiger partial charge in [0.15, 0.2) is 0 Å². The summed E-state index contributed by atoms with van der Waals surface area (Å²) in [5.74, 6) is 2.38. The molecule has 0 radical (unpaired) electrons. The molecule has 1 fully saturated rings. The second-order valence-electron chi connectivity index (χ2n) is 5.50. The number of rotatable bonds is 3. The zero-order valence-corrected chi connectivity index (χ0v) is 10.4. The van der Waals surface area contributed by atoms with Crippen LogP contribution in [-0.4, -0.2) is 0 Å². The van der Waals surface area contributed by atoms with Crippen molar-refractivity contribution >= 4 is 0 Å². The maximum absolute atomic E-state index is 6.28. The van der Waals surface area contributed by atoms with Crippen LogP contribution in [0.4, 0.5) is 0 Å². The van der Waals surface area contributed by atoms with Crippen LogP contribution in [0.5, 0.6) is 0 Å². The fourth-order valence-corrected chi connectivity index (χ4v) is 2.91. The molecule has 1 atom stereocenters. The van der Waals surface area contributed by atoms with Crippen LogP contribution in [0.1, 0.15) is 51.1 Å². The normalized spacial score (nSPS) is 28.2. The Bertz CT molecular complexity index is 297. The largest absolute Gasteiger partial charge is 0.472 e. The molecule has 1 heterocycles. The van der Waals surface area contributed by atoms with Crippen LogP contribution in [-0.2, 0) is 0 Å². The fourth-order valence-electron chi connectivity index (χ4n) is 2.91. The Hall–Kier alpha value is -0.760. The van der Waals surface area contributed by atoms with E-state index in [9.17, 15) is 0 Å². The van der Waals surface area contributed by atoms with Gasteiger partial charge in [-0.1, -0.05) is 13.8 Å². The summed E-state index contributed by atoms with van der Waals surface area (Å²) in [6, 6.07) is 2.17. The lowest BCUT2D eigenvalue weighted by Crippen LogP contribution is -2.27. The molecular formula is C14H23NO. The van der Waals surface area contributed by atoms with E-state index in [4.69, 9.17) is 10.2 Å². The molecule has 0 amide bonds. The summed E-state index contributed by atoms with van der Waals surface area (Å²) in [5, 5.41) is 0. The van der Waals surface area contributed by atoms with Crippen LogP contribution in [0.25, 0.3) is 0 Å². The molecular weight excluding hydrogens is 198 g/mol. The lowest BCUT2D eigenvalue weighted by Gasteiger charge is -2.33. The third kappa shape index (κ3) is 2.49. The van der Waals surface area contributed by atoms with Crippen molar-refractivity contribution in [2.45, 2.75) is 45.6 Å². The van der Waals surface area contributed by atoms with E-state index in [1.54, 1.807) is 12.5 Å². The molecule has 0 bridgehead atoms. The van der Waals surface area contributed by atoms with Gasteiger partial charge in [-0.05, 0) is 49.5 Å². The average molecular weight is 221 g/mol. The Kier molecular flexibility index (Phi) is 3.70. The molecule has 90 valence electrons. The van der Waals surface area contributed by atoms with E-state index in [1.807, 2.05) is 6.07 Å². The maximum Gasteiger partial charge on any atom is 0.0950 e. The highest BCUT2D eigenvalue weighted by Gasteiger charge is 2.27. The molecule has 1 aromatic rings. The molecule has 1 aliphatic rings. The van der Waals surface area contributed by atoms with Gasteiger partial charge in [0.1, 0.15) is 0 Å². The lowest BCUT2D eigenvalue weighted by molar-refractivity contribution is 0.203. The van der Waals surface area contributed by atoms with Crippen molar-refractivity contribution in [3.8, 4) is 0 Å². The molecule has 1 saturated carbocycles. The molecule has 1 unspecified atom stereocenters. The van der Waals surface area contributed by atoms with Gasteiger partial charge >= 0.3 is 0 Å².